The molecular formula is C15H24N2O3. The Morgan fingerprint density at radius 2 is 2.15 bits per heavy atom. The Balaban J connectivity index is 2.54. The summed E-state index contributed by atoms with van der Waals surface area (Å²) >= 11 is 0. The first-order valence-electron chi connectivity index (χ1n) is 7.13. The molecule has 5 heteroatoms. The lowest BCUT2D eigenvalue weighted by molar-refractivity contribution is -0.384. The highest BCUT2D eigenvalue weighted by Gasteiger charge is 2.13. The maximum atomic E-state index is 11.0. The topological polar surface area (TPSA) is 64.4 Å². The number of anilines is 1. The lowest BCUT2D eigenvalue weighted by Crippen LogP contribution is -2.03. The van der Waals surface area contributed by atoms with Crippen molar-refractivity contribution < 1.29 is 9.66 Å². The third-order valence-corrected chi connectivity index (χ3v) is 2.96. The predicted molar refractivity (Wildman–Crippen MR) is 81.0 cm³/mol. The van der Waals surface area contributed by atoms with Gasteiger partial charge in [0.15, 0.2) is 0 Å². The van der Waals surface area contributed by atoms with Crippen molar-refractivity contribution in [2.45, 2.75) is 40.2 Å². The number of rotatable bonds is 9. The summed E-state index contributed by atoms with van der Waals surface area (Å²) in [7, 11) is 0. The van der Waals surface area contributed by atoms with Crippen molar-refractivity contribution in [3.05, 3.63) is 33.9 Å². The van der Waals surface area contributed by atoms with Gasteiger partial charge < -0.3 is 10.1 Å². The summed E-state index contributed by atoms with van der Waals surface area (Å²) in [5.74, 6) is 0.680. The smallest absolute Gasteiger partial charge is 0.292 e. The molecule has 0 atom stereocenters. The number of nitro benzene ring substituents is 1. The fourth-order valence-electron chi connectivity index (χ4n) is 1.94. The highest BCUT2D eigenvalue weighted by molar-refractivity contribution is 5.62. The van der Waals surface area contributed by atoms with Gasteiger partial charge in [0, 0.05) is 19.2 Å². The molecular weight excluding hydrogens is 256 g/mol. The number of nitro groups is 1. The van der Waals surface area contributed by atoms with E-state index in [-0.39, 0.29) is 10.6 Å². The van der Waals surface area contributed by atoms with Crippen molar-refractivity contribution in [3.8, 4) is 0 Å². The van der Waals surface area contributed by atoms with Crippen LogP contribution in [0.5, 0.6) is 0 Å². The molecule has 0 aliphatic heterocycles. The van der Waals surface area contributed by atoms with E-state index in [9.17, 15) is 10.1 Å². The summed E-state index contributed by atoms with van der Waals surface area (Å²) in [6.45, 7) is 8.05. The van der Waals surface area contributed by atoms with Crippen LogP contribution in [-0.4, -0.2) is 18.1 Å². The van der Waals surface area contributed by atoms with E-state index in [1.165, 1.54) is 0 Å². The molecule has 0 radical (unpaired) electrons. The second kappa shape index (κ2) is 8.53. The van der Waals surface area contributed by atoms with E-state index in [1.54, 1.807) is 12.1 Å². The number of nitrogens with zero attached hydrogens (tertiary/aromatic N) is 1. The Hall–Kier alpha value is -1.62. The van der Waals surface area contributed by atoms with Crippen LogP contribution in [0.25, 0.3) is 0 Å². The van der Waals surface area contributed by atoms with Crippen LogP contribution in [0.1, 0.15) is 39.2 Å². The molecule has 1 rings (SSSR count). The van der Waals surface area contributed by atoms with Gasteiger partial charge in [0.05, 0.1) is 11.5 Å². The molecule has 1 aromatic carbocycles. The minimum absolute atomic E-state index is 0.107. The number of nitrogens with one attached hydrogen (secondary N) is 1. The van der Waals surface area contributed by atoms with Crippen LogP contribution >= 0.6 is 0 Å². The lowest BCUT2D eigenvalue weighted by atomic mass is 10.1. The van der Waals surface area contributed by atoms with Gasteiger partial charge in [0.25, 0.3) is 5.69 Å². The molecule has 1 N–H and O–H groups in total. The van der Waals surface area contributed by atoms with Gasteiger partial charge in [-0.15, -0.1) is 0 Å². The van der Waals surface area contributed by atoms with Crippen molar-refractivity contribution in [3.63, 3.8) is 0 Å². The third kappa shape index (κ3) is 5.57. The maximum absolute atomic E-state index is 11.0. The molecule has 20 heavy (non-hydrogen) atoms. The molecule has 1 aromatic rings. The average molecular weight is 280 g/mol. The summed E-state index contributed by atoms with van der Waals surface area (Å²) in [6.07, 6.45) is 2.16. The molecule has 0 unspecified atom stereocenters. The van der Waals surface area contributed by atoms with Crippen LogP contribution in [0.2, 0.25) is 0 Å². The van der Waals surface area contributed by atoms with E-state index in [1.807, 2.05) is 13.0 Å². The summed E-state index contributed by atoms with van der Waals surface area (Å²) in [5.41, 5.74) is 1.50. The SMILES string of the molecule is CCNc1ccc(COCCCC(C)C)cc1[N+](=O)[O-]. The van der Waals surface area contributed by atoms with Crippen molar-refractivity contribution in [1.29, 1.82) is 0 Å². The van der Waals surface area contributed by atoms with E-state index in [4.69, 9.17) is 4.74 Å². The fourth-order valence-corrected chi connectivity index (χ4v) is 1.94. The number of benzene rings is 1. The minimum atomic E-state index is -0.361. The molecule has 0 saturated carbocycles. The van der Waals surface area contributed by atoms with Crippen molar-refractivity contribution in [2.75, 3.05) is 18.5 Å². The lowest BCUT2D eigenvalue weighted by Gasteiger charge is -2.08. The summed E-state index contributed by atoms with van der Waals surface area (Å²) < 4.78 is 5.56. The second-order valence-corrected chi connectivity index (χ2v) is 5.23. The Kier molecular flexibility index (Phi) is 7.01. The van der Waals surface area contributed by atoms with E-state index in [2.05, 4.69) is 19.2 Å². The maximum Gasteiger partial charge on any atom is 0.292 e. The zero-order valence-electron chi connectivity index (χ0n) is 12.5. The fraction of sp³-hybridized carbons (Fsp3) is 0.600. The first-order chi connectivity index (χ1) is 9.54. The zero-order valence-corrected chi connectivity index (χ0v) is 12.5. The molecule has 0 saturated heterocycles. The molecule has 0 fully saturated rings. The number of ether oxygens (including phenoxy) is 1. The standard InChI is InChI=1S/C15H24N2O3/c1-4-16-14-8-7-13(10-15(14)17(18)19)11-20-9-5-6-12(2)3/h7-8,10,12,16H,4-6,9,11H2,1-3H3. The zero-order chi connectivity index (χ0) is 15.0. The molecule has 5 nitrogen and oxygen atoms in total. The van der Waals surface area contributed by atoms with E-state index in [0.717, 1.165) is 18.4 Å². The first kappa shape index (κ1) is 16.4. The monoisotopic (exact) mass is 280 g/mol. The minimum Gasteiger partial charge on any atom is -0.380 e. The highest BCUT2D eigenvalue weighted by Crippen LogP contribution is 2.25. The average Bonchev–Trinajstić information content (AvgIpc) is 2.39. The van der Waals surface area contributed by atoms with E-state index in [0.29, 0.717) is 31.4 Å². The van der Waals surface area contributed by atoms with Crippen LogP contribution in [0.4, 0.5) is 11.4 Å². The van der Waals surface area contributed by atoms with Gasteiger partial charge in [-0.1, -0.05) is 19.9 Å². The van der Waals surface area contributed by atoms with Gasteiger partial charge in [0.2, 0.25) is 0 Å². The molecule has 0 aromatic heterocycles. The van der Waals surface area contributed by atoms with Crippen LogP contribution in [0.15, 0.2) is 18.2 Å². The molecule has 0 aliphatic rings. The normalized spacial score (nSPS) is 10.8. The van der Waals surface area contributed by atoms with Crippen LogP contribution in [-0.2, 0) is 11.3 Å². The summed E-state index contributed by atoms with van der Waals surface area (Å²) in [5, 5.41) is 14.0. The van der Waals surface area contributed by atoms with Gasteiger partial charge in [-0.05, 0) is 37.3 Å². The summed E-state index contributed by atoms with van der Waals surface area (Å²) in [6, 6.07) is 5.20. The molecule has 0 aliphatic carbocycles. The predicted octanol–water partition coefficient (Wildman–Crippen LogP) is 3.98. The van der Waals surface area contributed by atoms with Crippen molar-refractivity contribution >= 4 is 11.4 Å². The van der Waals surface area contributed by atoms with Gasteiger partial charge in [-0.2, -0.15) is 0 Å². The van der Waals surface area contributed by atoms with Gasteiger partial charge in [-0.25, -0.2) is 0 Å². The van der Waals surface area contributed by atoms with E-state index >= 15 is 0 Å². The van der Waals surface area contributed by atoms with Gasteiger partial charge >= 0.3 is 0 Å². The Labute approximate surface area is 120 Å². The van der Waals surface area contributed by atoms with Gasteiger partial charge in [0.1, 0.15) is 5.69 Å². The number of hydrogen-bond donors (Lipinski definition) is 1. The molecule has 0 heterocycles. The molecule has 0 bridgehead atoms. The van der Waals surface area contributed by atoms with Crippen molar-refractivity contribution in [2.24, 2.45) is 5.92 Å². The largest absolute Gasteiger partial charge is 0.380 e. The van der Waals surface area contributed by atoms with Crippen LogP contribution in [0, 0.1) is 16.0 Å². The summed E-state index contributed by atoms with van der Waals surface area (Å²) in [4.78, 5) is 10.7. The molecule has 0 spiro atoms. The first-order valence-corrected chi connectivity index (χ1v) is 7.13. The Morgan fingerprint density at radius 1 is 1.40 bits per heavy atom. The molecule has 0 amide bonds. The highest BCUT2D eigenvalue weighted by atomic mass is 16.6. The third-order valence-electron chi connectivity index (χ3n) is 2.96. The van der Waals surface area contributed by atoms with Crippen LogP contribution < -0.4 is 5.32 Å². The Morgan fingerprint density at radius 3 is 2.75 bits per heavy atom. The quantitative estimate of drug-likeness (QED) is 0.422. The molecule has 112 valence electrons. The van der Waals surface area contributed by atoms with Gasteiger partial charge in [-0.3, -0.25) is 10.1 Å². The van der Waals surface area contributed by atoms with Crippen molar-refractivity contribution in [1.82, 2.24) is 0 Å². The Bertz CT molecular complexity index is 433. The van der Waals surface area contributed by atoms with E-state index < -0.39 is 0 Å². The van der Waals surface area contributed by atoms with Crippen LogP contribution in [0.3, 0.4) is 0 Å². The number of hydrogen-bond acceptors (Lipinski definition) is 4. The second-order valence-electron chi connectivity index (χ2n) is 5.23.